The third kappa shape index (κ3) is 3.58. The summed E-state index contributed by atoms with van der Waals surface area (Å²) in [5, 5.41) is 1.30. The van der Waals surface area contributed by atoms with Gasteiger partial charge in [0, 0.05) is 16.8 Å². The smallest absolute Gasteiger partial charge is 0.262 e. The van der Waals surface area contributed by atoms with Crippen LogP contribution in [0, 0.1) is 0 Å². The number of thioether (sulfide) groups is 1. The Balaban J connectivity index is 1.77. The predicted molar refractivity (Wildman–Crippen MR) is 112 cm³/mol. The molecule has 0 amide bonds. The average Bonchev–Trinajstić information content (AvgIpc) is 3.09. The molecule has 0 fully saturated rings. The highest BCUT2D eigenvalue weighted by molar-refractivity contribution is 7.99. The van der Waals surface area contributed by atoms with Gasteiger partial charge in [-0.1, -0.05) is 23.4 Å². The highest BCUT2D eigenvalue weighted by Crippen LogP contribution is 2.36. The molecule has 1 aromatic heterocycles. The Morgan fingerprint density at radius 3 is 2.48 bits per heavy atom. The summed E-state index contributed by atoms with van der Waals surface area (Å²) in [5.74, 6) is 1.13. The minimum atomic E-state index is -3.60. The summed E-state index contributed by atoms with van der Waals surface area (Å²) in [7, 11) is -0.605. The summed E-state index contributed by atoms with van der Waals surface area (Å²) in [6, 6.07) is 8.71. The number of benzene rings is 2. The van der Waals surface area contributed by atoms with Gasteiger partial charge in [-0.15, -0.1) is 0 Å². The maximum absolute atomic E-state index is 13.2. The van der Waals surface area contributed by atoms with Gasteiger partial charge in [-0.3, -0.25) is 9.36 Å². The van der Waals surface area contributed by atoms with Crippen molar-refractivity contribution in [3.63, 3.8) is 0 Å². The van der Waals surface area contributed by atoms with Gasteiger partial charge in [0.25, 0.3) is 5.56 Å². The fraction of sp³-hybridized carbons (Fsp3) is 0.263. The van der Waals surface area contributed by atoms with Crippen molar-refractivity contribution in [1.82, 2.24) is 9.55 Å². The number of halogens is 1. The first-order chi connectivity index (χ1) is 13.8. The fourth-order valence-corrected chi connectivity index (χ4v) is 6.22. The summed E-state index contributed by atoms with van der Waals surface area (Å²) in [4.78, 5) is 17.9. The zero-order valence-electron chi connectivity index (χ0n) is 15.6. The van der Waals surface area contributed by atoms with Crippen LogP contribution >= 0.6 is 23.4 Å². The third-order valence-electron chi connectivity index (χ3n) is 4.73. The van der Waals surface area contributed by atoms with Crippen molar-refractivity contribution in [2.75, 3.05) is 25.7 Å². The SMILES string of the molecule is COc1cc2nc3n(c(=O)c2cc1OC)C(CS(=O)(=O)c1ccc(Cl)cc1)CS3. The van der Waals surface area contributed by atoms with Crippen LogP contribution < -0.4 is 15.0 Å². The Hall–Kier alpha value is -2.23. The van der Waals surface area contributed by atoms with Gasteiger partial charge < -0.3 is 9.47 Å². The van der Waals surface area contributed by atoms with E-state index in [1.165, 1.54) is 54.8 Å². The van der Waals surface area contributed by atoms with Crippen molar-refractivity contribution in [3.8, 4) is 11.5 Å². The van der Waals surface area contributed by atoms with Crippen LogP contribution in [0.2, 0.25) is 5.02 Å². The predicted octanol–water partition coefficient (Wildman–Crippen LogP) is 3.19. The lowest BCUT2D eigenvalue weighted by Gasteiger charge is -2.15. The Morgan fingerprint density at radius 2 is 1.83 bits per heavy atom. The van der Waals surface area contributed by atoms with E-state index in [0.29, 0.717) is 38.3 Å². The van der Waals surface area contributed by atoms with Crippen LogP contribution in [-0.2, 0) is 9.84 Å². The molecule has 10 heteroatoms. The van der Waals surface area contributed by atoms with Gasteiger partial charge >= 0.3 is 0 Å². The molecule has 1 unspecified atom stereocenters. The molecule has 0 radical (unpaired) electrons. The van der Waals surface area contributed by atoms with Gasteiger partial charge in [0.2, 0.25) is 0 Å². The van der Waals surface area contributed by atoms with E-state index < -0.39 is 15.9 Å². The van der Waals surface area contributed by atoms with E-state index in [4.69, 9.17) is 21.1 Å². The van der Waals surface area contributed by atoms with Crippen molar-refractivity contribution in [2.24, 2.45) is 0 Å². The topological polar surface area (TPSA) is 87.5 Å². The van der Waals surface area contributed by atoms with Gasteiger partial charge in [-0.2, -0.15) is 0 Å². The van der Waals surface area contributed by atoms with Crippen LogP contribution in [0.3, 0.4) is 0 Å². The molecule has 0 aliphatic carbocycles. The number of nitrogens with zero attached hydrogens (tertiary/aromatic N) is 2. The lowest BCUT2D eigenvalue weighted by molar-refractivity contribution is 0.355. The number of rotatable bonds is 5. The first kappa shape index (κ1) is 20.1. The molecule has 29 heavy (non-hydrogen) atoms. The lowest BCUT2D eigenvalue weighted by atomic mass is 10.2. The van der Waals surface area contributed by atoms with Crippen LogP contribution in [0.5, 0.6) is 11.5 Å². The minimum Gasteiger partial charge on any atom is -0.493 e. The third-order valence-corrected chi connectivity index (χ3v) is 7.89. The van der Waals surface area contributed by atoms with Crippen molar-refractivity contribution >= 4 is 44.1 Å². The van der Waals surface area contributed by atoms with Gasteiger partial charge in [0.05, 0.1) is 41.8 Å². The molecule has 4 rings (SSSR count). The summed E-state index contributed by atoms with van der Waals surface area (Å²) in [6.45, 7) is 0. The molecule has 1 aliphatic rings. The molecule has 0 spiro atoms. The second-order valence-electron chi connectivity index (χ2n) is 6.49. The van der Waals surface area contributed by atoms with E-state index in [1.54, 1.807) is 12.1 Å². The van der Waals surface area contributed by atoms with Crippen LogP contribution in [0.1, 0.15) is 6.04 Å². The van der Waals surface area contributed by atoms with Gasteiger partial charge in [-0.25, -0.2) is 13.4 Å². The zero-order valence-corrected chi connectivity index (χ0v) is 18.0. The first-order valence-corrected chi connectivity index (χ1v) is 11.6. The molecule has 2 heterocycles. The number of fused-ring (bicyclic) bond motifs is 2. The first-order valence-electron chi connectivity index (χ1n) is 8.63. The maximum atomic E-state index is 13.2. The van der Waals surface area contributed by atoms with Crippen molar-refractivity contribution in [2.45, 2.75) is 16.1 Å². The second kappa shape index (κ2) is 7.55. The Labute approximate surface area is 176 Å². The van der Waals surface area contributed by atoms with Crippen LogP contribution in [0.15, 0.2) is 51.2 Å². The Morgan fingerprint density at radius 1 is 1.17 bits per heavy atom. The normalized spacial score (nSPS) is 16.0. The minimum absolute atomic E-state index is 0.175. The standard InChI is InChI=1S/C19H17ClN2O5S2/c1-26-16-7-14-15(8-17(16)27-2)21-19-22(18(14)23)12(9-28-19)10-29(24,25)13-5-3-11(20)4-6-13/h3-8,12H,9-10H2,1-2H3. The van der Waals surface area contributed by atoms with Gasteiger partial charge in [-0.05, 0) is 30.3 Å². The Kier molecular flexibility index (Phi) is 5.22. The van der Waals surface area contributed by atoms with Crippen molar-refractivity contribution < 1.29 is 17.9 Å². The van der Waals surface area contributed by atoms with Gasteiger partial charge in [0.1, 0.15) is 0 Å². The molecule has 1 aliphatic heterocycles. The molecule has 7 nitrogen and oxygen atoms in total. The number of sulfone groups is 1. The van der Waals surface area contributed by atoms with E-state index in [1.807, 2.05) is 0 Å². The molecule has 0 N–H and O–H groups in total. The zero-order chi connectivity index (χ0) is 20.8. The van der Waals surface area contributed by atoms with E-state index in [0.717, 1.165) is 0 Å². The largest absolute Gasteiger partial charge is 0.493 e. The molecular weight excluding hydrogens is 436 g/mol. The number of hydrogen-bond donors (Lipinski definition) is 0. The molecule has 2 aromatic carbocycles. The van der Waals surface area contributed by atoms with E-state index in [2.05, 4.69) is 4.98 Å². The molecular formula is C19H17ClN2O5S2. The van der Waals surface area contributed by atoms with Crippen LogP contribution in [0.4, 0.5) is 0 Å². The quantitative estimate of drug-likeness (QED) is 0.549. The van der Waals surface area contributed by atoms with Crippen LogP contribution in [0.25, 0.3) is 10.9 Å². The summed E-state index contributed by atoms with van der Waals surface area (Å²) in [6.07, 6.45) is 0. The molecule has 152 valence electrons. The highest BCUT2D eigenvalue weighted by Gasteiger charge is 2.31. The lowest BCUT2D eigenvalue weighted by Crippen LogP contribution is -2.29. The maximum Gasteiger partial charge on any atom is 0.262 e. The number of hydrogen-bond acceptors (Lipinski definition) is 7. The second-order valence-corrected chi connectivity index (χ2v) is 9.95. The molecule has 0 bridgehead atoms. The Bertz CT molecular complexity index is 1260. The average molecular weight is 453 g/mol. The molecule has 0 saturated heterocycles. The summed E-state index contributed by atoms with van der Waals surface area (Å²) < 4.78 is 37.7. The van der Waals surface area contributed by atoms with E-state index in [-0.39, 0.29) is 16.2 Å². The number of methoxy groups -OCH3 is 2. The van der Waals surface area contributed by atoms with Gasteiger partial charge in [0.15, 0.2) is 26.5 Å². The molecule has 3 aromatic rings. The molecule has 0 saturated carbocycles. The fourth-order valence-electron chi connectivity index (χ4n) is 3.29. The monoisotopic (exact) mass is 452 g/mol. The van der Waals surface area contributed by atoms with Crippen molar-refractivity contribution in [3.05, 3.63) is 51.8 Å². The molecule has 1 atom stereocenters. The van der Waals surface area contributed by atoms with E-state index >= 15 is 0 Å². The number of ether oxygens (including phenoxy) is 2. The number of aromatic nitrogens is 2. The van der Waals surface area contributed by atoms with Crippen molar-refractivity contribution in [1.29, 1.82) is 0 Å². The van der Waals surface area contributed by atoms with Crippen LogP contribution in [-0.4, -0.2) is 43.7 Å². The highest BCUT2D eigenvalue weighted by atomic mass is 35.5. The summed E-state index contributed by atoms with van der Waals surface area (Å²) in [5.41, 5.74) is 0.180. The van der Waals surface area contributed by atoms with E-state index in [9.17, 15) is 13.2 Å². The summed E-state index contributed by atoms with van der Waals surface area (Å²) >= 11 is 7.21.